The van der Waals surface area contributed by atoms with Gasteiger partial charge in [-0.25, -0.2) is 0 Å². The van der Waals surface area contributed by atoms with Crippen molar-refractivity contribution in [3.8, 4) is 0 Å². The van der Waals surface area contributed by atoms with Gasteiger partial charge in [-0.2, -0.15) is 0 Å². The Labute approximate surface area is 113 Å². The number of ether oxygens (including phenoxy) is 1. The molecule has 6 heteroatoms. The number of methoxy groups -OCH3 is 1. The van der Waals surface area contributed by atoms with Crippen LogP contribution in [0.3, 0.4) is 0 Å². The molecule has 0 radical (unpaired) electrons. The fourth-order valence-corrected chi connectivity index (χ4v) is 3.33. The summed E-state index contributed by atoms with van der Waals surface area (Å²) in [4.78, 5) is 0. The van der Waals surface area contributed by atoms with Crippen LogP contribution in [0.1, 0.15) is 31.6 Å². The first kappa shape index (κ1) is 12.9. The fourth-order valence-electron chi connectivity index (χ4n) is 3.33. The van der Waals surface area contributed by atoms with E-state index in [1.54, 1.807) is 7.11 Å². The lowest BCUT2D eigenvalue weighted by atomic mass is 9.96. The minimum absolute atomic E-state index is 0.536. The van der Waals surface area contributed by atoms with Crippen molar-refractivity contribution in [3.05, 3.63) is 5.89 Å². The first-order valence-electron chi connectivity index (χ1n) is 7.13. The predicted octanol–water partition coefficient (Wildman–Crippen LogP) is 1.41. The van der Waals surface area contributed by atoms with E-state index >= 15 is 0 Å². The third-order valence-electron chi connectivity index (χ3n) is 4.27. The Morgan fingerprint density at radius 2 is 2.26 bits per heavy atom. The lowest BCUT2D eigenvalue weighted by Gasteiger charge is -2.21. The van der Waals surface area contributed by atoms with E-state index in [-0.39, 0.29) is 0 Å². The second kappa shape index (κ2) is 5.88. The summed E-state index contributed by atoms with van der Waals surface area (Å²) in [6, 6.07) is 1.11. The number of nitrogens with one attached hydrogen (secondary N) is 2. The van der Waals surface area contributed by atoms with Gasteiger partial charge in [0.2, 0.25) is 5.89 Å². The van der Waals surface area contributed by atoms with Crippen LogP contribution in [0.5, 0.6) is 0 Å². The predicted molar refractivity (Wildman–Crippen MR) is 70.7 cm³/mol. The third-order valence-corrected chi connectivity index (χ3v) is 4.27. The summed E-state index contributed by atoms with van der Waals surface area (Å²) in [7, 11) is 1.69. The van der Waals surface area contributed by atoms with Crippen LogP contribution in [0.25, 0.3) is 0 Å². The standard InChI is InChI=1S/C13H22N4O2/c1-18-5-4-14-8-12-16-17-13(19-12)15-11-7-9-2-3-10(11)6-9/h9-11,14H,2-8H2,1H3,(H,15,17). The Morgan fingerprint density at radius 1 is 1.32 bits per heavy atom. The summed E-state index contributed by atoms with van der Waals surface area (Å²) < 4.78 is 10.6. The fraction of sp³-hybridized carbons (Fsp3) is 0.846. The van der Waals surface area contributed by atoms with Gasteiger partial charge in [-0.1, -0.05) is 11.5 Å². The molecule has 0 amide bonds. The van der Waals surface area contributed by atoms with Crippen LogP contribution in [-0.4, -0.2) is 36.5 Å². The first-order chi connectivity index (χ1) is 9.35. The lowest BCUT2D eigenvalue weighted by Crippen LogP contribution is -2.25. The summed E-state index contributed by atoms with van der Waals surface area (Å²) in [5.74, 6) is 2.35. The molecule has 0 spiro atoms. The number of hydrogen-bond donors (Lipinski definition) is 2. The zero-order chi connectivity index (χ0) is 13.1. The van der Waals surface area contributed by atoms with Crippen LogP contribution < -0.4 is 10.6 Å². The number of anilines is 1. The summed E-state index contributed by atoms with van der Waals surface area (Å²) in [6.45, 7) is 2.06. The molecule has 0 saturated heterocycles. The van der Waals surface area contributed by atoms with E-state index in [2.05, 4.69) is 20.8 Å². The van der Waals surface area contributed by atoms with Crippen LogP contribution in [0.4, 0.5) is 6.01 Å². The number of hydrogen-bond acceptors (Lipinski definition) is 6. The molecule has 0 aliphatic heterocycles. The topological polar surface area (TPSA) is 72.2 Å². The minimum atomic E-state index is 0.536. The molecule has 3 unspecified atom stereocenters. The summed E-state index contributed by atoms with van der Waals surface area (Å²) in [6.07, 6.45) is 5.38. The average Bonchev–Trinajstić information content (AvgIpc) is 3.11. The molecular weight excluding hydrogens is 244 g/mol. The molecule has 2 fully saturated rings. The highest BCUT2D eigenvalue weighted by molar-refractivity contribution is 5.22. The van der Waals surface area contributed by atoms with Gasteiger partial charge in [-0.15, -0.1) is 5.10 Å². The molecule has 2 saturated carbocycles. The molecule has 6 nitrogen and oxygen atoms in total. The highest BCUT2D eigenvalue weighted by Gasteiger charge is 2.40. The normalized spacial score (nSPS) is 29.0. The molecule has 106 valence electrons. The Balaban J connectivity index is 1.45. The zero-order valence-electron chi connectivity index (χ0n) is 11.4. The maximum atomic E-state index is 5.60. The van der Waals surface area contributed by atoms with Crippen molar-refractivity contribution in [3.63, 3.8) is 0 Å². The van der Waals surface area contributed by atoms with Gasteiger partial charge in [-0.3, -0.25) is 0 Å². The van der Waals surface area contributed by atoms with Gasteiger partial charge in [0.15, 0.2) is 0 Å². The molecule has 3 rings (SSSR count). The van der Waals surface area contributed by atoms with Crippen molar-refractivity contribution < 1.29 is 9.15 Å². The monoisotopic (exact) mass is 266 g/mol. The molecule has 19 heavy (non-hydrogen) atoms. The maximum absolute atomic E-state index is 5.60. The van der Waals surface area contributed by atoms with E-state index in [0.717, 1.165) is 18.4 Å². The van der Waals surface area contributed by atoms with Crippen molar-refractivity contribution in [2.75, 3.05) is 25.6 Å². The van der Waals surface area contributed by atoms with Crippen LogP contribution >= 0.6 is 0 Å². The molecule has 0 aromatic carbocycles. The van der Waals surface area contributed by atoms with Gasteiger partial charge < -0.3 is 19.8 Å². The van der Waals surface area contributed by atoms with Gasteiger partial charge >= 0.3 is 6.01 Å². The molecule has 1 aromatic heterocycles. The van der Waals surface area contributed by atoms with E-state index in [0.29, 0.717) is 31.1 Å². The van der Waals surface area contributed by atoms with Crippen molar-refractivity contribution >= 4 is 6.01 Å². The molecule has 2 N–H and O–H groups in total. The van der Waals surface area contributed by atoms with E-state index in [1.165, 1.54) is 25.7 Å². The average molecular weight is 266 g/mol. The van der Waals surface area contributed by atoms with E-state index in [4.69, 9.17) is 9.15 Å². The van der Waals surface area contributed by atoms with Gasteiger partial charge in [0.05, 0.1) is 13.2 Å². The van der Waals surface area contributed by atoms with Crippen molar-refractivity contribution in [2.24, 2.45) is 11.8 Å². The third kappa shape index (κ3) is 3.06. The van der Waals surface area contributed by atoms with Crippen LogP contribution in [-0.2, 0) is 11.3 Å². The maximum Gasteiger partial charge on any atom is 0.315 e. The number of fused-ring (bicyclic) bond motifs is 2. The smallest absolute Gasteiger partial charge is 0.315 e. The Morgan fingerprint density at radius 3 is 3.00 bits per heavy atom. The number of nitrogens with zero attached hydrogens (tertiary/aromatic N) is 2. The summed E-state index contributed by atoms with van der Waals surface area (Å²) >= 11 is 0. The second-order valence-electron chi connectivity index (χ2n) is 5.60. The van der Waals surface area contributed by atoms with E-state index in [9.17, 15) is 0 Å². The highest BCUT2D eigenvalue weighted by atomic mass is 16.5. The first-order valence-corrected chi connectivity index (χ1v) is 7.13. The lowest BCUT2D eigenvalue weighted by molar-refractivity contribution is 0.198. The Bertz CT molecular complexity index is 409. The Hall–Kier alpha value is -1.14. The van der Waals surface area contributed by atoms with Crippen LogP contribution in [0.2, 0.25) is 0 Å². The SMILES string of the molecule is COCCNCc1nnc(NC2CC3CCC2C3)o1. The second-order valence-corrected chi connectivity index (χ2v) is 5.60. The van der Waals surface area contributed by atoms with Crippen LogP contribution in [0, 0.1) is 11.8 Å². The summed E-state index contributed by atoms with van der Waals surface area (Å²) in [5, 5.41) is 14.7. The molecule has 2 aliphatic rings. The van der Waals surface area contributed by atoms with Crippen LogP contribution in [0.15, 0.2) is 4.42 Å². The van der Waals surface area contributed by atoms with Gasteiger partial charge in [-0.05, 0) is 31.1 Å². The van der Waals surface area contributed by atoms with Crippen molar-refractivity contribution in [2.45, 2.75) is 38.3 Å². The molecule has 3 atom stereocenters. The van der Waals surface area contributed by atoms with E-state index < -0.39 is 0 Å². The molecule has 2 bridgehead atoms. The summed E-state index contributed by atoms with van der Waals surface area (Å²) in [5.41, 5.74) is 0. The molecule has 1 heterocycles. The quantitative estimate of drug-likeness (QED) is 0.727. The molecule has 2 aliphatic carbocycles. The molecular formula is C13H22N4O2. The number of rotatable bonds is 7. The molecule has 1 aromatic rings. The minimum Gasteiger partial charge on any atom is -0.407 e. The van der Waals surface area contributed by atoms with Crippen molar-refractivity contribution in [1.29, 1.82) is 0 Å². The highest BCUT2D eigenvalue weighted by Crippen LogP contribution is 2.45. The van der Waals surface area contributed by atoms with E-state index in [1.807, 2.05) is 0 Å². The van der Waals surface area contributed by atoms with Gasteiger partial charge in [0.25, 0.3) is 0 Å². The van der Waals surface area contributed by atoms with Gasteiger partial charge in [0, 0.05) is 19.7 Å². The largest absolute Gasteiger partial charge is 0.407 e. The number of aromatic nitrogens is 2. The zero-order valence-corrected chi connectivity index (χ0v) is 11.4. The van der Waals surface area contributed by atoms with Gasteiger partial charge in [0.1, 0.15) is 0 Å². The Kier molecular flexibility index (Phi) is 3.98. The van der Waals surface area contributed by atoms with Crippen molar-refractivity contribution in [1.82, 2.24) is 15.5 Å².